The molecular formula is C22H29O5P. The number of aryl methyl sites for hydroxylation is 2. The number of para-hydroxylation sites is 2. The van der Waals surface area contributed by atoms with Crippen LogP contribution in [0.4, 0.5) is 0 Å². The molecule has 0 aliphatic rings. The van der Waals surface area contributed by atoms with Gasteiger partial charge < -0.3 is 13.8 Å². The van der Waals surface area contributed by atoms with Crippen molar-refractivity contribution in [3.8, 4) is 11.5 Å². The average molecular weight is 404 g/mol. The van der Waals surface area contributed by atoms with Crippen molar-refractivity contribution in [1.29, 1.82) is 0 Å². The third kappa shape index (κ3) is 6.42. The van der Waals surface area contributed by atoms with Crippen LogP contribution in [0.2, 0.25) is 0 Å². The lowest BCUT2D eigenvalue weighted by molar-refractivity contribution is -0.140. The van der Waals surface area contributed by atoms with E-state index in [9.17, 15) is 9.36 Å². The molecule has 0 aliphatic heterocycles. The number of benzene rings is 2. The molecule has 0 amide bonds. The summed E-state index contributed by atoms with van der Waals surface area (Å²) in [6.45, 7) is 6.04. The summed E-state index contributed by atoms with van der Waals surface area (Å²) in [4.78, 5) is 12.1. The first-order valence-electron chi connectivity index (χ1n) is 9.81. The molecule has 0 saturated heterocycles. The van der Waals surface area contributed by atoms with Gasteiger partial charge in [-0.15, -0.1) is 0 Å². The second kappa shape index (κ2) is 10.9. The largest absolute Gasteiger partial charge is 0.465 e. The molecule has 0 bridgehead atoms. The maximum Gasteiger partial charge on any atom is 0.441 e. The third-order valence-electron chi connectivity index (χ3n) is 4.09. The fraction of sp³-hybridized carbons (Fsp3) is 0.409. The van der Waals surface area contributed by atoms with Gasteiger partial charge in [0, 0.05) is 0 Å². The molecule has 0 N–H and O–H groups in total. The quantitative estimate of drug-likeness (QED) is 0.350. The van der Waals surface area contributed by atoms with Crippen LogP contribution in [-0.4, -0.2) is 18.7 Å². The van der Waals surface area contributed by atoms with Crippen LogP contribution in [0.5, 0.6) is 11.5 Å². The molecule has 0 fully saturated rings. The summed E-state index contributed by atoms with van der Waals surface area (Å²) in [5.74, 6) is 0.349. The normalized spacial score (nSPS) is 11.1. The van der Waals surface area contributed by atoms with Gasteiger partial charge >= 0.3 is 13.6 Å². The Morgan fingerprint density at radius 3 is 1.71 bits per heavy atom. The molecule has 28 heavy (non-hydrogen) atoms. The van der Waals surface area contributed by atoms with Crippen LogP contribution >= 0.6 is 7.60 Å². The first kappa shape index (κ1) is 22.0. The number of ether oxygens (including phenoxy) is 1. The highest BCUT2D eigenvalue weighted by molar-refractivity contribution is 7.55. The molecule has 0 spiro atoms. The molecule has 0 atom stereocenters. The van der Waals surface area contributed by atoms with Gasteiger partial charge in [0.1, 0.15) is 11.5 Å². The summed E-state index contributed by atoms with van der Waals surface area (Å²) in [5, 5.41) is 0. The van der Waals surface area contributed by atoms with Gasteiger partial charge in [0.05, 0.1) is 6.61 Å². The van der Waals surface area contributed by atoms with Crippen LogP contribution in [0.15, 0.2) is 48.5 Å². The molecule has 0 unspecified atom stereocenters. The highest BCUT2D eigenvalue weighted by Gasteiger charge is 2.34. The zero-order valence-corrected chi connectivity index (χ0v) is 17.7. The summed E-state index contributed by atoms with van der Waals surface area (Å²) in [5.41, 5.74) is 1.86. The molecule has 6 heteroatoms. The van der Waals surface area contributed by atoms with Crippen molar-refractivity contribution < 1.29 is 23.1 Å². The van der Waals surface area contributed by atoms with Crippen molar-refractivity contribution in [2.24, 2.45) is 0 Å². The minimum atomic E-state index is -3.82. The second-order valence-electron chi connectivity index (χ2n) is 6.47. The monoisotopic (exact) mass is 404 g/mol. The molecule has 2 rings (SSSR count). The number of rotatable bonds is 11. The minimum Gasteiger partial charge on any atom is -0.465 e. The molecule has 0 aliphatic carbocycles. The van der Waals surface area contributed by atoms with Crippen molar-refractivity contribution in [2.45, 2.75) is 46.5 Å². The van der Waals surface area contributed by atoms with Crippen LogP contribution in [-0.2, 0) is 26.9 Å². The van der Waals surface area contributed by atoms with E-state index in [2.05, 4.69) is 13.8 Å². The molecular weight excluding hydrogens is 375 g/mol. The second-order valence-corrected chi connectivity index (χ2v) is 8.38. The van der Waals surface area contributed by atoms with Gasteiger partial charge in [-0.25, -0.2) is 4.57 Å². The SMILES string of the molecule is CCCc1ccccc1OP(=O)(CC(=O)OCC)Oc1ccccc1CCC. The van der Waals surface area contributed by atoms with Crippen LogP contribution in [0, 0.1) is 0 Å². The van der Waals surface area contributed by atoms with E-state index >= 15 is 0 Å². The first-order valence-corrected chi connectivity index (χ1v) is 11.5. The minimum absolute atomic E-state index is 0.206. The summed E-state index contributed by atoms with van der Waals surface area (Å²) >= 11 is 0. The van der Waals surface area contributed by atoms with E-state index < -0.39 is 19.7 Å². The zero-order valence-electron chi connectivity index (χ0n) is 16.8. The summed E-state index contributed by atoms with van der Waals surface area (Å²) < 4.78 is 30.3. The van der Waals surface area contributed by atoms with Gasteiger partial charge in [0.2, 0.25) is 0 Å². The smallest absolute Gasteiger partial charge is 0.441 e. The van der Waals surface area contributed by atoms with Gasteiger partial charge in [-0.2, -0.15) is 0 Å². The number of carbonyl (C=O) groups is 1. The lowest BCUT2D eigenvalue weighted by atomic mass is 10.1. The van der Waals surface area contributed by atoms with Crippen LogP contribution in [0.3, 0.4) is 0 Å². The van der Waals surface area contributed by atoms with E-state index in [4.69, 9.17) is 13.8 Å². The zero-order chi connectivity index (χ0) is 20.4. The fourth-order valence-corrected chi connectivity index (χ4v) is 4.41. The molecule has 2 aromatic carbocycles. The molecule has 0 radical (unpaired) electrons. The van der Waals surface area contributed by atoms with E-state index in [1.165, 1.54) is 0 Å². The maximum absolute atomic E-state index is 13.6. The van der Waals surface area contributed by atoms with Crippen molar-refractivity contribution in [1.82, 2.24) is 0 Å². The van der Waals surface area contributed by atoms with E-state index in [1.807, 2.05) is 36.4 Å². The predicted molar refractivity (Wildman–Crippen MR) is 111 cm³/mol. The summed E-state index contributed by atoms with van der Waals surface area (Å²) in [7, 11) is -3.82. The summed E-state index contributed by atoms with van der Waals surface area (Å²) in [6.07, 6.45) is 2.96. The van der Waals surface area contributed by atoms with Crippen molar-refractivity contribution >= 4 is 13.6 Å². The number of esters is 1. The third-order valence-corrected chi connectivity index (χ3v) is 5.68. The Morgan fingerprint density at radius 2 is 1.29 bits per heavy atom. The van der Waals surface area contributed by atoms with Crippen LogP contribution in [0.1, 0.15) is 44.7 Å². The fourth-order valence-electron chi connectivity index (χ4n) is 2.89. The van der Waals surface area contributed by atoms with E-state index in [0.717, 1.165) is 36.8 Å². The van der Waals surface area contributed by atoms with Gasteiger partial charge in [-0.3, -0.25) is 4.79 Å². The maximum atomic E-state index is 13.6. The van der Waals surface area contributed by atoms with Crippen LogP contribution in [0.25, 0.3) is 0 Å². The highest BCUT2D eigenvalue weighted by atomic mass is 31.2. The Bertz CT molecular complexity index is 763. The lowest BCUT2D eigenvalue weighted by Crippen LogP contribution is -2.16. The molecule has 0 aromatic heterocycles. The number of carbonyl (C=O) groups excluding carboxylic acids is 1. The van der Waals surface area contributed by atoms with E-state index in [1.54, 1.807) is 19.1 Å². The highest BCUT2D eigenvalue weighted by Crippen LogP contribution is 2.50. The van der Waals surface area contributed by atoms with Crippen molar-refractivity contribution in [2.75, 3.05) is 12.8 Å². The molecule has 0 heterocycles. The van der Waals surface area contributed by atoms with Gasteiger partial charge in [0.25, 0.3) is 0 Å². The van der Waals surface area contributed by atoms with Gasteiger partial charge in [-0.05, 0) is 43.0 Å². The Morgan fingerprint density at radius 1 is 0.821 bits per heavy atom. The van der Waals surface area contributed by atoms with Gasteiger partial charge in [-0.1, -0.05) is 63.1 Å². The molecule has 152 valence electrons. The lowest BCUT2D eigenvalue weighted by Gasteiger charge is -2.22. The Balaban J connectivity index is 2.36. The average Bonchev–Trinajstić information content (AvgIpc) is 2.65. The summed E-state index contributed by atoms with van der Waals surface area (Å²) in [6, 6.07) is 14.8. The number of hydrogen-bond donors (Lipinski definition) is 0. The Hall–Kier alpha value is -2.26. The molecule has 0 saturated carbocycles. The van der Waals surface area contributed by atoms with E-state index in [-0.39, 0.29) is 6.61 Å². The first-order chi connectivity index (χ1) is 13.5. The van der Waals surface area contributed by atoms with Crippen LogP contribution < -0.4 is 9.05 Å². The molecule has 2 aromatic rings. The Kier molecular flexibility index (Phi) is 8.59. The molecule has 5 nitrogen and oxygen atoms in total. The predicted octanol–water partition coefficient (Wildman–Crippen LogP) is 5.81. The topological polar surface area (TPSA) is 61.8 Å². The van der Waals surface area contributed by atoms with Crippen molar-refractivity contribution in [3.63, 3.8) is 0 Å². The van der Waals surface area contributed by atoms with Crippen molar-refractivity contribution in [3.05, 3.63) is 59.7 Å². The number of hydrogen-bond acceptors (Lipinski definition) is 5. The standard InChI is InChI=1S/C22H29O5P/c1-4-11-18-13-7-9-15-20(18)26-28(24,17-22(23)25-6-3)27-21-16-10-8-14-19(21)12-5-2/h7-10,13-16H,4-6,11-12,17H2,1-3H3. The van der Waals surface area contributed by atoms with Gasteiger partial charge in [0.15, 0.2) is 6.16 Å². The van der Waals surface area contributed by atoms with E-state index in [0.29, 0.717) is 11.5 Å². The Labute approximate surface area is 167 Å².